The second-order valence-electron chi connectivity index (χ2n) is 16.6. The molecular weight excluding hydrogens is 771 g/mol. The molecule has 1 amide bonds. The number of amides is 1. The van der Waals surface area contributed by atoms with Crippen LogP contribution in [0.5, 0.6) is 0 Å². The van der Waals surface area contributed by atoms with Crippen molar-refractivity contribution < 1.29 is 70.9 Å². The Hall–Kier alpha value is -1.32. The summed E-state index contributed by atoms with van der Waals surface area (Å²) in [6, 6.07) is -0.670. The fraction of sp³-hybridized carbons (Fsp3) is 0.846. The third-order valence-corrected chi connectivity index (χ3v) is 12.8. The normalized spacial score (nSPS) is 26.4. The summed E-state index contributed by atoms with van der Waals surface area (Å²) in [5.74, 6) is -4.31. The molecule has 0 spiro atoms. The SMILES string of the molecule is CC(=C\C(C)CC(C)CC(O)C(O)C(S)C(O)C(C)C(O)C(S)C(O)CC(O)CC(O)CC(O)C(C)C(O)C(C)C(O)C(C)O)/C(O)=C1/C(=O)C(C)N(C)C1=O. The van der Waals surface area contributed by atoms with Gasteiger partial charge in [0.2, 0.25) is 0 Å². The Labute approximate surface area is 342 Å². The monoisotopic (exact) mass is 841 g/mol. The number of thiol groups is 2. The van der Waals surface area contributed by atoms with Crippen molar-refractivity contribution >= 4 is 36.9 Å². The van der Waals surface area contributed by atoms with E-state index >= 15 is 0 Å². The zero-order valence-electron chi connectivity index (χ0n) is 34.1. The summed E-state index contributed by atoms with van der Waals surface area (Å²) in [5.41, 5.74) is 0.105. The van der Waals surface area contributed by atoms with Crippen LogP contribution in [0.2, 0.25) is 0 Å². The van der Waals surface area contributed by atoms with Crippen molar-refractivity contribution in [2.24, 2.45) is 29.6 Å². The molecule has 0 aromatic heterocycles. The van der Waals surface area contributed by atoms with Crippen molar-refractivity contribution in [1.82, 2.24) is 4.90 Å². The van der Waals surface area contributed by atoms with Crippen molar-refractivity contribution in [2.75, 3.05) is 7.05 Å². The smallest absolute Gasteiger partial charge is 0.261 e. The molecule has 1 heterocycles. The number of rotatable bonds is 24. The number of hydrogen-bond acceptors (Lipinski definition) is 16. The van der Waals surface area contributed by atoms with Gasteiger partial charge in [0.05, 0.1) is 83.7 Å². The van der Waals surface area contributed by atoms with E-state index in [0.717, 1.165) is 0 Å². The topological polar surface area (TPSA) is 280 Å². The summed E-state index contributed by atoms with van der Waals surface area (Å²) in [5, 5.41) is 124. The van der Waals surface area contributed by atoms with E-state index in [1.165, 1.54) is 39.6 Å². The molecular formula is C39H71NO14S2. The van der Waals surface area contributed by atoms with Crippen LogP contribution in [0.15, 0.2) is 23.0 Å². The van der Waals surface area contributed by atoms with Gasteiger partial charge in [-0.1, -0.05) is 40.7 Å². The summed E-state index contributed by atoms with van der Waals surface area (Å²) in [6.45, 7) is 12.7. The molecule has 17 heteroatoms. The summed E-state index contributed by atoms with van der Waals surface area (Å²) in [6.07, 6.45) is -13.0. The molecule has 1 rings (SSSR count). The van der Waals surface area contributed by atoms with Gasteiger partial charge in [-0.3, -0.25) is 9.59 Å². The van der Waals surface area contributed by atoms with Crippen LogP contribution in [0.4, 0.5) is 0 Å². The second kappa shape index (κ2) is 23.5. The lowest BCUT2D eigenvalue weighted by Gasteiger charge is -2.36. The predicted molar refractivity (Wildman–Crippen MR) is 217 cm³/mol. The van der Waals surface area contributed by atoms with Crippen LogP contribution in [0.25, 0.3) is 0 Å². The first-order chi connectivity index (χ1) is 25.7. The quantitative estimate of drug-likeness (QED) is 0.0262. The van der Waals surface area contributed by atoms with Gasteiger partial charge in [0.25, 0.3) is 5.91 Å². The highest BCUT2D eigenvalue weighted by Crippen LogP contribution is 2.30. The van der Waals surface area contributed by atoms with Gasteiger partial charge in [0, 0.05) is 31.2 Å². The van der Waals surface area contributed by atoms with Crippen LogP contribution in [0, 0.1) is 29.6 Å². The zero-order chi connectivity index (χ0) is 43.7. The standard InChI is InChI=1S/C39H71NO14S2/c1-16(11-18(3)30(47)29-35(52)22(7)40(9)39(29)54)10-17(2)12-27(45)36(53)38(56)34(51)21(6)33(50)37(55)28(46)15-25(43)13-24(42)14-26(44)19(4)31(48)20(5)32(49)23(8)41/h11,16-17,19-28,31-34,36-38,41-51,53,55-56H,10,12-15H2,1-9H3/b18-11+,30-29+. The molecule has 0 aromatic carbocycles. The van der Waals surface area contributed by atoms with E-state index in [1.54, 1.807) is 19.9 Å². The lowest BCUT2D eigenvalue weighted by Crippen LogP contribution is -2.49. The number of Topliss-reactive ketones (excluding diaryl/α,β-unsaturated/α-hetero) is 1. The Morgan fingerprint density at radius 1 is 0.643 bits per heavy atom. The molecule has 328 valence electrons. The van der Waals surface area contributed by atoms with E-state index < -0.39 is 113 Å². The van der Waals surface area contributed by atoms with E-state index in [4.69, 9.17) is 0 Å². The molecule has 56 heavy (non-hydrogen) atoms. The largest absolute Gasteiger partial charge is 0.507 e. The number of likely N-dealkylation sites (tertiary alicyclic amines) is 1. The molecule has 0 aromatic rings. The van der Waals surface area contributed by atoms with Gasteiger partial charge in [-0.25, -0.2) is 0 Å². The van der Waals surface area contributed by atoms with E-state index in [-0.39, 0.29) is 48.9 Å². The Kier molecular flexibility index (Phi) is 22.1. The van der Waals surface area contributed by atoms with Gasteiger partial charge in [0.1, 0.15) is 11.3 Å². The number of hydrogen-bond donors (Lipinski definition) is 14. The number of aliphatic hydroxyl groups excluding tert-OH is 12. The van der Waals surface area contributed by atoms with E-state index in [9.17, 15) is 70.9 Å². The number of aliphatic hydroxyl groups is 12. The van der Waals surface area contributed by atoms with Crippen molar-refractivity contribution in [1.29, 1.82) is 0 Å². The fourth-order valence-corrected chi connectivity index (χ4v) is 8.22. The van der Waals surface area contributed by atoms with Crippen LogP contribution in [-0.2, 0) is 9.59 Å². The van der Waals surface area contributed by atoms with Crippen molar-refractivity contribution in [3.8, 4) is 0 Å². The maximum atomic E-state index is 12.5. The highest BCUT2D eigenvalue weighted by Gasteiger charge is 2.42. The summed E-state index contributed by atoms with van der Waals surface area (Å²) >= 11 is 8.64. The van der Waals surface area contributed by atoms with Gasteiger partial charge < -0.3 is 66.2 Å². The molecule has 1 aliphatic heterocycles. The number of likely N-dealkylation sites (N-methyl/N-ethyl adjacent to an activating group) is 1. The summed E-state index contributed by atoms with van der Waals surface area (Å²) in [7, 11) is 1.49. The van der Waals surface area contributed by atoms with E-state index in [0.29, 0.717) is 12.0 Å². The van der Waals surface area contributed by atoms with Crippen LogP contribution in [0.3, 0.4) is 0 Å². The third kappa shape index (κ3) is 14.4. The van der Waals surface area contributed by atoms with Gasteiger partial charge in [-0.15, -0.1) is 0 Å². The van der Waals surface area contributed by atoms with Gasteiger partial charge in [-0.05, 0) is 63.9 Å². The van der Waals surface area contributed by atoms with Crippen LogP contribution < -0.4 is 0 Å². The number of allylic oxidation sites excluding steroid dienone is 2. The average molecular weight is 842 g/mol. The second-order valence-corrected chi connectivity index (χ2v) is 17.7. The Morgan fingerprint density at radius 2 is 1.12 bits per heavy atom. The summed E-state index contributed by atoms with van der Waals surface area (Å²) < 4.78 is 0. The van der Waals surface area contributed by atoms with E-state index in [2.05, 4.69) is 25.3 Å². The summed E-state index contributed by atoms with van der Waals surface area (Å²) in [4.78, 5) is 26.2. The molecule has 0 bridgehead atoms. The molecule has 1 aliphatic rings. The van der Waals surface area contributed by atoms with Gasteiger partial charge in [-0.2, -0.15) is 25.3 Å². The number of carbonyl (C=O) groups excluding carboxylic acids is 2. The number of ketones is 1. The maximum absolute atomic E-state index is 12.5. The number of carbonyl (C=O) groups is 2. The molecule has 15 nitrogen and oxygen atoms in total. The minimum Gasteiger partial charge on any atom is -0.507 e. The zero-order valence-corrected chi connectivity index (χ0v) is 35.9. The van der Waals surface area contributed by atoms with Gasteiger partial charge >= 0.3 is 0 Å². The maximum Gasteiger partial charge on any atom is 0.261 e. The number of nitrogens with zero attached hydrogens (tertiary/aromatic N) is 1. The highest BCUT2D eigenvalue weighted by molar-refractivity contribution is 7.81. The third-order valence-electron chi connectivity index (χ3n) is 11.5. The Balaban J connectivity index is 2.71. The molecule has 12 N–H and O–H groups in total. The molecule has 1 fully saturated rings. The first-order valence-electron chi connectivity index (χ1n) is 19.5. The lowest BCUT2D eigenvalue weighted by atomic mass is 9.83. The fourth-order valence-electron chi connectivity index (χ4n) is 7.36. The van der Waals surface area contributed by atoms with Crippen LogP contribution >= 0.6 is 25.3 Å². The average Bonchev–Trinajstić information content (AvgIpc) is 3.31. The lowest BCUT2D eigenvalue weighted by molar-refractivity contribution is -0.125. The molecule has 0 saturated carbocycles. The predicted octanol–water partition coefficient (Wildman–Crippen LogP) is -0.108. The first kappa shape index (κ1) is 52.7. The van der Waals surface area contributed by atoms with Crippen molar-refractivity contribution in [2.45, 2.75) is 171 Å². The minimum absolute atomic E-state index is 0.102. The van der Waals surface area contributed by atoms with Crippen molar-refractivity contribution in [3.63, 3.8) is 0 Å². The molecule has 1 saturated heterocycles. The molecule has 0 aliphatic carbocycles. The van der Waals surface area contributed by atoms with Crippen LogP contribution in [-0.4, -0.2) is 169 Å². The van der Waals surface area contributed by atoms with Gasteiger partial charge in [0.15, 0.2) is 5.78 Å². The highest BCUT2D eigenvalue weighted by atomic mass is 32.1. The van der Waals surface area contributed by atoms with Crippen LogP contribution in [0.1, 0.15) is 87.5 Å². The Morgan fingerprint density at radius 3 is 1.61 bits per heavy atom. The van der Waals surface area contributed by atoms with E-state index in [1.807, 2.05) is 13.8 Å². The first-order valence-corrected chi connectivity index (χ1v) is 20.5. The minimum atomic E-state index is -1.53. The van der Waals surface area contributed by atoms with Crippen molar-refractivity contribution in [3.05, 3.63) is 23.0 Å². The molecule has 19 unspecified atom stereocenters. The molecule has 0 radical (unpaired) electrons. The molecule has 19 atom stereocenters. The Bertz CT molecular complexity index is 1280.